The van der Waals surface area contributed by atoms with Crippen LogP contribution in [-0.2, 0) is 0 Å². The topological polar surface area (TPSA) is 51.1 Å². The molecule has 0 saturated carbocycles. The molecule has 0 aliphatic carbocycles. The first-order valence-electron chi connectivity index (χ1n) is 6.95. The lowest BCUT2D eigenvalue weighted by Gasteiger charge is -2.07. The SMILES string of the molecule is CC(=O)n1cc(C(=O)Nc2cccc(Cl)c2Cl)c2ccc(Cl)cc21. The molecule has 3 aromatic rings. The van der Waals surface area contributed by atoms with Crippen molar-refractivity contribution < 1.29 is 9.59 Å². The largest absolute Gasteiger partial charge is 0.321 e. The van der Waals surface area contributed by atoms with E-state index in [-0.39, 0.29) is 10.9 Å². The van der Waals surface area contributed by atoms with Crippen molar-refractivity contribution in [1.82, 2.24) is 4.57 Å². The van der Waals surface area contributed by atoms with Crippen LogP contribution in [0.25, 0.3) is 10.9 Å². The predicted molar refractivity (Wildman–Crippen MR) is 97.7 cm³/mol. The first kappa shape index (κ1) is 16.8. The summed E-state index contributed by atoms with van der Waals surface area (Å²) in [6.07, 6.45) is 1.48. The number of rotatable bonds is 2. The highest BCUT2D eigenvalue weighted by molar-refractivity contribution is 6.44. The fourth-order valence-electron chi connectivity index (χ4n) is 2.43. The van der Waals surface area contributed by atoms with Crippen molar-refractivity contribution in [3.05, 3.63) is 63.2 Å². The second-order valence-corrected chi connectivity index (χ2v) is 6.37. The summed E-state index contributed by atoms with van der Waals surface area (Å²) in [6, 6.07) is 9.96. The molecule has 122 valence electrons. The Balaban J connectivity index is 2.07. The molecular formula is C17H11Cl3N2O2. The average Bonchev–Trinajstić information content (AvgIpc) is 2.90. The summed E-state index contributed by atoms with van der Waals surface area (Å²) in [5.41, 5.74) is 1.30. The van der Waals surface area contributed by atoms with Crippen LogP contribution in [0.15, 0.2) is 42.6 Å². The van der Waals surface area contributed by atoms with Crippen LogP contribution in [0.2, 0.25) is 15.1 Å². The molecule has 0 saturated heterocycles. The number of nitrogens with one attached hydrogen (secondary N) is 1. The molecule has 0 aliphatic heterocycles. The second kappa shape index (κ2) is 6.48. The van der Waals surface area contributed by atoms with Crippen LogP contribution in [0.5, 0.6) is 0 Å². The Bertz CT molecular complexity index is 979. The van der Waals surface area contributed by atoms with Crippen LogP contribution in [0.1, 0.15) is 22.1 Å². The summed E-state index contributed by atoms with van der Waals surface area (Å²) >= 11 is 18.0. The quantitative estimate of drug-likeness (QED) is 0.636. The monoisotopic (exact) mass is 380 g/mol. The van der Waals surface area contributed by atoms with Crippen molar-refractivity contribution >= 4 is 63.2 Å². The van der Waals surface area contributed by atoms with Crippen LogP contribution in [-0.4, -0.2) is 16.4 Å². The highest BCUT2D eigenvalue weighted by atomic mass is 35.5. The van der Waals surface area contributed by atoms with Gasteiger partial charge in [-0.15, -0.1) is 0 Å². The first-order valence-corrected chi connectivity index (χ1v) is 8.09. The maximum atomic E-state index is 12.6. The summed E-state index contributed by atoms with van der Waals surface area (Å²) in [6.45, 7) is 1.41. The molecule has 0 fully saturated rings. The lowest BCUT2D eigenvalue weighted by Crippen LogP contribution is -2.12. The number of aromatic nitrogens is 1. The van der Waals surface area contributed by atoms with Gasteiger partial charge in [-0.25, -0.2) is 0 Å². The van der Waals surface area contributed by atoms with Gasteiger partial charge in [0.2, 0.25) is 5.91 Å². The van der Waals surface area contributed by atoms with Gasteiger partial charge in [-0.2, -0.15) is 0 Å². The van der Waals surface area contributed by atoms with Gasteiger partial charge in [0.05, 0.1) is 26.8 Å². The van der Waals surface area contributed by atoms with E-state index in [1.54, 1.807) is 36.4 Å². The lowest BCUT2D eigenvalue weighted by molar-refractivity contribution is 0.0941. The molecule has 1 aromatic heterocycles. The molecule has 0 aliphatic rings. The van der Waals surface area contributed by atoms with E-state index in [9.17, 15) is 9.59 Å². The molecule has 2 aromatic carbocycles. The van der Waals surface area contributed by atoms with Crippen LogP contribution >= 0.6 is 34.8 Å². The van der Waals surface area contributed by atoms with E-state index in [1.165, 1.54) is 17.7 Å². The van der Waals surface area contributed by atoms with Gasteiger partial charge in [0.15, 0.2) is 0 Å². The normalized spacial score (nSPS) is 10.8. The number of amides is 1. The van der Waals surface area contributed by atoms with E-state index in [0.29, 0.717) is 32.2 Å². The number of hydrogen-bond donors (Lipinski definition) is 1. The molecule has 0 atom stereocenters. The smallest absolute Gasteiger partial charge is 0.257 e. The van der Waals surface area contributed by atoms with E-state index in [0.717, 1.165) is 0 Å². The van der Waals surface area contributed by atoms with E-state index >= 15 is 0 Å². The third kappa shape index (κ3) is 3.00. The molecule has 0 unspecified atom stereocenters. The van der Waals surface area contributed by atoms with Crippen LogP contribution < -0.4 is 5.32 Å². The van der Waals surface area contributed by atoms with E-state index < -0.39 is 5.91 Å². The lowest BCUT2D eigenvalue weighted by atomic mass is 10.1. The number of halogens is 3. The van der Waals surface area contributed by atoms with Gasteiger partial charge in [-0.3, -0.25) is 14.2 Å². The Morgan fingerprint density at radius 2 is 1.83 bits per heavy atom. The van der Waals surface area contributed by atoms with E-state index in [4.69, 9.17) is 34.8 Å². The third-order valence-electron chi connectivity index (χ3n) is 3.55. The molecule has 1 N–H and O–H groups in total. The average molecular weight is 382 g/mol. The number of benzene rings is 2. The van der Waals surface area contributed by atoms with Crippen LogP contribution in [0.3, 0.4) is 0 Å². The molecule has 0 bridgehead atoms. The predicted octanol–water partition coefficient (Wildman–Crippen LogP) is 5.51. The maximum absolute atomic E-state index is 12.6. The fraction of sp³-hybridized carbons (Fsp3) is 0.0588. The molecule has 0 radical (unpaired) electrons. The molecular weight excluding hydrogens is 371 g/mol. The highest BCUT2D eigenvalue weighted by Gasteiger charge is 2.18. The fourth-order valence-corrected chi connectivity index (χ4v) is 2.95. The van der Waals surface area contributed by atoms with Crippen molar-refractivity contribution in [3.8, 4) is 0 Å². The third-order valence-corrected chi connectivity index (χ3v) is 4.61. The summed E-state index contributed by atoms with van der Waals surface area (Å²) in [5, 5.41) is 4.40. The Morgan fingerprint density at radius 3 is 2.54 bits per heavy atom. The van der Waals surface area contributed by atoms with Gasteiger partial charge in [-0.05, 0) is 24.3 Å². The summed E-state index contributed by atoms with van der Waals surface area (Å²) in [7, 11) is 0. The van der Waals surface area contributed by atoms with Crippen LogP contribution in [0.4, 0.5) is 5.69 Å². The Labute approximate surface area is 152 Å². The highest BCUT2D eigenvalue weighted by Crippen LogP contribution is 2.31. The zero-order valence-corrected chi connectivity index (χ0v) is 14.7. The number of hydrogen-bond acceptors (Lipinski definition) is 2. The molecule has 4 nitrogen and oxygen atoms in total. The summed E-state index contributed by atoms with van der Waals surface area (Å²) in [5.74, 6) is -0.617. The van der Waals surface area contributed by atoms with Gasteiger partial charge in [-0.1, -0.05) is 46.9 Å². The minimum Gasteiger partial charge on any atom is -0.321 e. The van der Waals surface area contributed by atoms with Gasteiger partial charge in [0, 0.05) is 23.5 Å². The van der Waals surface area contributed by atoms with Gasteiger partial charge in [0.1, 0.15) is 0 Å². The van der Waals surface area contributed by atoms with Gasteiger partial charge in [0.25, 0.3) is 5.91 Å². The Morgan fingerprint density at radius 1 is 1.08 bits per heavy atom. The number of nitrogens with zero attached hydrogens (tertiary/aromatic N) is 1. The van der Waals surface area contributed by atoms with E-state index in [1.807, 2.05) is 0 Å². The standard InChI is InChI=1S/C17H11Cl3N2O2/c1-9(23)22-8-12(11-6-5-10(18)7-15(11)22)17(24)21-14-4-2-3-13(19)16(14)20/h2-8H,1H3,(H,21,24). The first-order chi connectivity index (χ1) is 11.4. The van der Waals surface area contributed by atoms with Gasteiger partial charge < -0.3 is 5.32 Å². The zero-order valence-electron chi connectivity index (χ0n) is 12.4. The zero-order chi connectivity index (χ0) is 17.4. The maximum Gasteiger partial charge on any atom is 0.257 e. The summed E-state index contributed by atoms with van der Waals surface area (Å²) < 4.78 is 1.38. The Kier molecular flexibility index (Phi) is 4.54. The number of anilines is 1. The molecule has 1 amide bonds. The molecule has 3 rings (SSSR count). The van der Waals surface area contributed by atoms with Crippen LogP contribution in [0, 0.1) is 0 Å². The number of fused-ring (bicyclic) bond motifs is 1. The number of carbonyl (C=O) groups is 2. The van der Waals surface area contributed by atoms with Crippen molar-refractivity contribution in [2.24, 2.45) is 0 Å². The molecule has 0 spiro atoms. The summed E-state index contributed by atoms with van der Waals surface area (Å²) in [4.78, 5) is 24.5. The van der Waals surface area contributed by atoms with Gasteiger partial charge >= 0.3 is 0 Å². The minimum atomic E-state index is -0.397. The number of carbonyl (C=O) groups excluding carboxylic acids is 2. The molecule has 1 heterocycles. The Hall–Kier alpha value is -2.01. The van der Waals surface area contributed by atoms with E-state index in [2.05, 4.69) is 5.32 Å². The minimum absolute atomic E-state index is 0.220. The van der Waals surface area contributed by atoms with Crippen molar-refractivity contribution in [2.45, 2.75) is 6.92 Å². The van der Waals surface area contributed by atoms with Crippen molar-refractivity contribution in [2.75, 3.05) is 5.32 Å². The second-order valence-electron chi connectivity index (χ2n) is 5.15. The molecule has 7 heteroatoms. The molecule has 24 heavy (non-hydrogen) atoms. The van der Waals surface area contributed by atoms with Crippen molar-refractivity contribution in [3.63, 3.8) is 0 Å². The van der Waals surface area contributed by atoms with Crippen molar-refractivity contribution in [1.29, 1.82) is 0 Å².